The number of carbonyl (C=O) groups excluding carboxylic acids is 1. The van der Waals surface area contributed by atoms with Gasteiger partial charge in [0.25, 0.3) is 0 Å². The minimum absolute atomic E-state index is 0. The predicted octanol–water partition coefficient (Wildman–Crippen LogP) is 9.13. The van der Waals surface area contributed by atoms with Crippen LogP contribution in [0.1, 0.15) is 77.5 Å². The zero-order chi connectivity index (χ0) is 32.2. The number of nitrogens with one attached hydrogen (secondary N) is 1. The van der Waals surface area contributed by atoms with Gasteiger partial charge in [-0.15, -0.1) is 0 Å². The fourth-order valence-corrected chi connectivity index (χ4v) is 3.91. The van der Waals surface area contributed by atoms with E-state index in [1.165, 1.54) is 16.7 Å². The zero-order valence-electron chi connectivity index (χ0n) is 25.8. The van der Waals surface area contributed by atoms with Crippen LogP contribution in [-0.4, -0.2) is 43.7 Å². The molecule has 0 saturated carbocycles. The van der Waals surface area contributed by atoms with Crippen molar-refractivity contribution in [2.24, 2.45) is 4.99 Å². The number of aliphatic imine (C=N–C) groups is 1. The summed E-state index contributed by atoms with van der Waals surface area (Å²) >= 11 is 0. The van der Waals surface area contributed by atoms with Gasteiger partial charge in [0.2, 0.25) is 5.95 Å². The number of carbonyl (C=O) groups is 1. The molecule has 0 atom stereocenters. The summed E-state index contributed by atoms with van der Waals surface area (Å²) in [6.07, 6.45) is 2.05. The number of anilines is 2. The molecule has 44 heavy (non-hydrogen) atoms. The number of allylic oxidation sites excluding steroid dienone is 2. The molecule has 0 spiro atoms. The number of pyridine rings is 1. The molecular formula is C33H43F3N6O2. The van der Waals surface area contributed by atoms with Crippen LogP contribution < -0.4 is 5.32 Å². The van der Waals surface area contributed by atoms with E-state index in [0.29, 0.717) is 40.0 Å². The number of hydrogen-bond donors (Lipinski definition) is 1. The molecule has 0 aliphatic carbocycles. The molecular weight excluding hydrogens is 569 g/mol. The SMILES string of the molecule is C.C/C=C\C(C)=NC(C)C.CC.CCOC(=O)c1ccc(Nc2nccc(-c3c(C)nc4ccc(C(F)(F)F)cn34)n2)cc1. The van der Waals surface area contributed by atoms with E-state index in [1.807, 2.05) is 39.8 Å². The molecule has 0 radical (unpaired) electrons. The maximum atomic E-state index is 13.2. The number of benzene rings is 1. The van der Waals surface area contributed by atoms with Gasteiger partial charge in [-0.2, -0.15) is 13.2 Å². The Kier molecular flexibility index (Phi) is 14.9. The Hall–Kier alpha value is -4.54. The number of rotatable bonds is 7. The molecule has 1 N–H and O–H groups in total. The number of aromatic nitrogens is 4. The highest BCUT2D eigenvalue weighted by Crippen LogP contribution is 2.31. The number of nitrogens with zero attached hydrogens (tertiary/aromatic N) is 5. The quantitative estimate of drug-likeness (QED) is 0.165. The van der Waals surface area contributed by atoms with Crippen LogP contribution in [0, 0.1) is 6.92 Å². The van der Waals surface area contributed by atoms with E-state index in [1.54, 1.807) is 44.2 Å². The van der Waals surface area contributed by atoms with Gasteiger partial charge in [-0.05, 0) is 90.1 Å². The molecule has 0 unspecified atom stereocenters. The number of fused-ring (bicyclic) bond motifs is 1. The zero-order valence-corrected chi connectivity index (χ0v) is 25.8. The summed E-state index contributed by atoms with van der Waals surface area (Å²) in [6, 6.07) is 10.9. The van der Waals surface area contributed by atoms with Crippen LogP contribution in [0.15, 0.2) is 72.0 Å². The van der Waals surface area contributed by atoms with Crippen LogP contribution in [0.25, 0.3) is 17.0 Å². The van der Waals surface area contributed by atoms with Crippen molar-refractivity contribution in [3.8, 4) is 11.4 Å². The normalized spacial score (nSPS) is 11.3. The van der Waals surface area contributed by atoms with Crippen LogP contribution >= 0.6 is 0 Å². The third-order valence-corrected chi connectivity index (χ3v) is 5.54. The Morgan fingerprint density at radius 1 is 1.09 bits per heavy atom. The second kappa shape index (κ2) is 17.5. The minimum atomic E-state index is -4.47. The summed E-state index contributed by atoms with van der Waals surface area (Å²) in [7, 11) is 0. The molecule has 0 amide bonds. The molecule has 3 heterocycles. The van der Waals surface area contributed by atoms with E-state index in [-0.39, 0.29) is 20.0 Å². The van der Waals surface area contributed by atoms with Gasteiger partial charge in [0.05, 0.1) is 34.8 Å². The minimum Gasteiger partial charge on any atom is -0.462 e. The topological polar surface area (TPSA) is 93.8 Å². The fourth-order valence-electron chi connectivity index (χ4n) is 3.91. The Morgan fingerprint density at radius 2 is 1.75 bits per heavy atom. The van der Waals surface area contributed by atoms with E-state index in [4.69, 9.17) is 4.74 Å². The van der Waals surface area contributed by atoms with Crippen LogP contribution in [0.2, 0.25) is 0 Å². The average molecular weight is 613 g/mol. The average Bonchev–Trinajstić information content (AvgIpc) is 3.29. The van der Waals surface area contributed by atoms with Gasteiger partial charge in [0.1, 0.15) is 5.65 Å². The first-order valence-electron chi connectivity index (χ1n) is 14.0. The first-order valence-corrected chi connectivity index (χ1v) is 14.0. The molecule has 0 aliphatic rings. The molecule has 0 fully saturated rings. The number of esters is 1. The smallest absolute Gasteiger partial charge is 0.417 e. The van der Waals surface area contributed by atoms with Crippen LogP contribution in [0.5, 0.6) is 0 Å². The Morgan fingerprint density at radius 3 is 2.32 bits per heavy atom. The number of halogens is 3. The van der Waals surface area contributed by atoms with Gasteiger partial charge in [0.15, 0.2) is 0 Å². The highest BCUT2D eigenvalue weighted by Gasteiger charge is 2.31. The van der Waals surface area contributed by atoms with Crippen molar-refractivity contribution in [2.45, 2.75) is 75.0 Å². The van der Waals surface area contributed by atoms with Crippen molar-refractivity contribution < 1.29 is 22.7 Å². The van der Waals surface area contributed by atoms with Gasteiger partial charge >= 0.3 is 12.1 Å². The van der Waals surface area contributed by atoms with Crippen LogP contribution in [-0.2, 0) is 10.9 Å². The Bertz CT molecular complexity index is 1540. The van der Waals surface area contributed by atoms with E-state index in [0.717, 1.165) is 18.0 Å². The summed E-state index contributed by atoms with van der Waals surface area (Å²) in [4.78, 5) is 29.0. The number of alkyl halides is 3. The van der Waals surface area contributed by atoms with Crippen molar-refractivity contribution in [1.29, 1.82) is 0 Å². The number of ether oxygens (including phenoxy) is 1. The third-order valence-electron chi connectivity index (χ3n) is 5.54. The largest absolute Gasteiger partial charge is 0.462 e. The summed E-state index contributed by atoms with van der Waals surface area (Å²) in [5, 5.41) is 3.02. The van der Waals surface area contributed by atoms with Gasteiger partial charge in [-0.1, -0.05) is 27.4 Å². The second-order valence-electron chi connectivity index (χ2n) is 9.24. The lowest BCUT2D eigenvalue weighted by Crippen LogP contribution is -2.07. The van der Waals surface area contributed by atoms with Crippen molar-refractivity contribution in [3.05, 3.63) is 83.8 Å². The molecule has 8 nitrogen and oxygen atoms in total. The van der Waals surface area contributed by atoms with Crippen LogP contribution in [0.3, 0.4) is 0 Å². The molecule has 0 bridgehead atoms. The first kappa shape index (κ1) is 37.5. The fraction of sp³-hybridized carbons (Fsp3) is 0.364. The molecule has 238 valence electrons. The standard InChI is InChI=1S/C22H18F3N5O2.C8H15N.C2H6.CH4/c1-3-32-20(31)14-4-7-16(8-5-14)28-21-26-11-10-17(29-21)19-13(2)27-18-9-6-15(12-30(18)19)22(23,24)25;1-5-6-8(4)9-7(2)3;1-2;/h4-12H,3H2,1-2H3,(H,26,28,29);5-7H,1-4H3;1-2H3;1H4/b;6-5-,9-8?;;. The highest BCUT2D eigenvalue weighted by atomic mass is 19.4. The second-order valence-corrected chi connectivity index (χ2v) is 9.24. The molecule has 11 heteroatoms. The van der Waals surface area contributed by atoms with E-state index >= 15 is 0 Å². The lowest BCUT2D eigenvalue weighted by atomic mass is 10.2. The number of aryl methyl sites for hydroxylation is 1. The maximum absolute atomic E-state index is 13.2. The van der Waals surface area contributed by atoms with Gasteiger partial charge in [-0.3, -0.25) is 9.39 Å². The third kappa shape index (κ3) is 10.6. The van der Waals surface area contributed by atoms with E-state index < -0.39 is 17.7 Å². The van der Waals surface area contributed by atoms with Gasteiger partial charge < -0.3 is 10.1 Å². The van der Waals surface area contributed by atoms with E-state index in [2.05, 4.69) is 39.1 Å². The molecule has 0 aliphatic heterocycles. The molecule has 4 rings (SSSR count). The summed E-state index contributed by atoms with van der Waals surface area (Å²) in [5.41, 5.74) is 3.13. The molecule has 1 aromatic carbocycles. The van der Waals surface area contributed by atoms with Crippen molar-refractivity contribution >= 4 is 29.0 Å². The monoisotopic (exact) mass is 612 g/mol. The first-order chi connectivity index (χ1) is 20.4. The Balaban J connectivity index is 0.000000697. The lowest BCUT2D eigenvalue weighted by molar-refractivity contribution is -0.137. The molecule has 4 aromatic rings. The summed E-state index contributed by atoms with van der Waals surface area (Å²) in [6.45, 7) is 15.9. The van der Waals surface area contributed by atoms with Crippen molar-refractivity contribution in [1.82, 2.24) is 19.4 Å². The highest BCUT2D eigenvalue weighted by molar-refractivity contribution is 5.92. The Labute approximate surface area is 258 Å². The van der Waals surface area contributed by atoms with Gasteiger partial charge in [0, 0.05) is 29.8 Å². The van der Waals surface area contributed by atoms with Crippen LogP contribution in [0.4, 0.5) is 24.8 Å². The van der Waals surface area contributed by atoms with E-state index in [9.17, 15) is 18.0 Å². The maximum Gasteiger partial charge on any atom is 0.417 e. The molecule has 3 aromatic heterocycles. The predicted molar refractivity (Wildman–Crippen MR) is 173 cm³/mol. The summed E-state index contributed by atoms with van der Waals surface area (Å²) in [5.74, 6) is -0.175. The van der Waals surface area contributed by atoms with Crippen molar-refractivity contribution in [3.63, 3.8) is 0 Å². The lowest BCUT2D eigenvalue weighted by Gasteiger charge is -2.10. The van der Waals surface area contributed by atoms with Crippen molar-refractivity contribution in [2.75, 3.05) is 11.9 Å². The molecule has 0 saturated heterocycles. The summed E-state index contributed by atoms with van der Waals surface area (Å²) < 4.78 is 45.9. The number of imidazole rings is 1. The van der Waals surface area contributed by atoms with Gasteiger partial charge in [-0.25, -0.2) is 19.7 Å². The number of hydrogen-bond acceptors (Lipinski definition) is 7.